The standard InChI is InChI=1S/C20H17N5O2S/c1-10-26-17-3-2-14(12-18(17)27-11-1)13-28-20-23-19-22-9-6-16(25(19)24-20)15-4-7-21-8-5-15/h2-9,12H,1,10-11,13H2. The van der Waals surface area contributed by atoms with Crippen LogP contribution in [0.3, 0.4) is 0 Å². The van der Waals surface area contributed by atoms with E-state index in [1.165, 1.54) is 0 Å². The Hall–Kier alpha value is -3.13. The summed E-state index contributed by atoms with van der Waals surface area (Å²) < 4.78 is 13.2. The summed E-state index contributed by atoms with van der Waals surface area (Å²) in [6, 6.07) is 11.9. The van der Waals surface area contributed by atoms with Crippen LogP contribution >= 0.6 is 11.8 Å². The molecule has 3 aromatic heterocycles. The molecule has 1 aliphatic heterocycles. The molecule has 0 aliphatic carbocycles. The smallest absolute Gasteiger partial charge is 0.253 e. The Morgan fingerprint density at radius 1 is 0.964 bits per heavy atom. The monoisotopic (exact) mass is 391 g/mol. The van der Waals surface area contributed by atoms with Crippen molar-refractivity contribution in [2.75, 3.05) is 13.2 Å². The zero-order valence-electron chi connectivity index (χ0n) is 15.0. The van der Waals surface area contributed by atoms with E-state index in [2.05, 4.69) is 26.1 Å². The number of ether oxygens (including phenoxy) is 2. The van der Waals surface area contributed by atoms with Gasteiger partial charge in [0.05, 0.1) is 18.9 Å². The number of rotatable bonds is 4. The topological polar surface area (TPSA) is 74.4 Å². The Balaban J connectivity index is 1.38. The highest BCUT2D eigenvalue weighted by atomic mass is 32.2. The number of aromatic nitrogens is 5. The van der Waals surface area contributed by atoms with E-state index in [-0.39, 0.29) is 0 Å². The molecule has 0 fully saturated rings. The maximum atomic E-state index is 5.77. The molecule has 0 spiro atoms. The number of pyridine rings is 1. The van der Waals surface area contributed by atoms with Crippen LogP contribution < -0.4 is 9.47 Å². The Labute approximate surface area is 165 Å². The number of benzene rings is 1. The molecule has 8 heteroatoms. The van der Waals surface area contributed by atoms with Crippen LogP contribution in [0.25, 0.3) is 17.0 Å². The summed E-state index contributed by atoms with van der Waals surface area (Å²) >= 11 is 1.57. The van der Waals surface area contributed by atoms with E-state index in [0.717, 1.165) is 40.5 Å². The lowest BCUT2D eigenvalue weighted by molar-refractivity contribution is 0.297. The van der Waals surface area contributed by atoms with E-state index in [1.54, 1.807) is 34.9 Å². The normalized spacial score (nSPS) is 13.4. The van der Waals surface area contributed by atoms with Gasteiger partial charge in [-0.25, -0.2) is 4.98 Å². The maximum Gasteiger partial charge on any atom is 0.253 e. The molecule has 0 radical (unpaired) electrons. The zero-order valence-corrected chi connectivity index (χ0v) is 15.8. The molecule has 1 aromatic carbocycles. The van der Waals surface area contributed by atoms with Crippen molar-refractivity contribution in [3.05, 3.63) is 60.6 Å². The van der Waals surface area contributed by atoms with Crippen molar-refractivity contribution in [1.82, 2.24) is 24.6 Å². The zero-order chi connectivity index (χ0) is 18.8. The van der Waals surface area contributed by atoms with Crippen LogP contribution in [0.1, 0.15) is 12.0 Å². The molecule has 1 aliphatic rings. The molecule has 0 atom stereocenters. The van der Waals surface area contributed by atoms with Gasteiger partial charge in [-0.3, -0.25) is 4.98 Å². The molecular weight excluding hydrogens is 374 g/mol. The Morgan fingerprint density at radius 2 is 1.82 bits per heavy atom. The largest absolute Gasteiger partial charge is 0.490 e. The van der Waals surface area contributed by atoms with Crippen LogP contribution in [-0.2, 0) is 5.75 Å². The molecule has 5 rings (SSSR count). The fourth-order valence-corrected chi connectivity index (χ4v) is 3.78. The lowest BCUT2D eigenvalue weighted by atomic mass is 10.2. The average molecular weight is 391 g/mol. The highest BCUT2D eigenvalue weighted by Gasteiger charge is 2.13. The van der Waals surface area contributed by atoms with E-state index in [0.29, 0.717) is 24.1 Å². The Bertz CT molecular complexity index is 1120. The van der Waals surface area contributed by atoms with Gasteiger partial charge < -0.3 is 9.47 Å². The van der Waals surface area contributed by atoms with Crippen LogP contribution in [0.4, 0.5) is 0 Å². The minimum atomic E-state index is 0.579. The second kappa shape index (κ2) is 7.47. The van der Waals surface area contributed by atoms with Gasteiger partial charge in [-0.05, 0) is 35.9 Å². The lowest BCUT2D eigenvalue weighted by Crippen LogP contribution is -1.97. The average Bonchev–Trinajstić information content (AvgIpc) is 3.02. The molecule has 4 heterocycles. The summed E-state index contributed by atoms with van der Waals surface area (Å²) in [5, 5.41) is 5.32. The van der Waals surface area contributed by atoms with Crippen molar-refractivity contribution < 1.29 is 9.47 Å². The van der Waals surface area contributed by atoms with Gasteiger partial charge in [0.1, 0.15) is 0 Å². The van der Waals surface area contributed by atoms with Crippen LogP contribution in [0.15, 0.2) is 60.1 Å². The quantitative estimate of drug-likeness (QED) is 0.492. The molecule has 0 N–H and O–H groups in total. The molecular formula is C20H17N5O2S. The van der Waals surface area contributed by atoms with E-state index >= 15 is 0 Å². The third kappa shape index (κ3) is 3.38. The van der Waals surface area contributed by atoms with Gasteiger partial charge in [0.25, 0.3) is 5.78 Å². The fraction of sp³-hybridized carbons (Fsp3) is 0.200. The highest BCUT2D eigenvalue weighted by Crippen LogP contribution is 2.32. The molecule has 0 saturated carbocycles. The summed E-state index contributed by atoms with van der Waals surface area (Å²) in [4.78, 5) is 13.0. The van der Waals surface area contributed by atoms with Crippen molar-refractivity contribution in [2.24, 2.45) is 0 Å². The first-order valence-corrected chi connectivity index (χ1v) is 9.99. The SMILES string of the molecule is c1cc(-c2ccnc3nc(SCc4ccc5c(c4)OCCCO5)nn23)ccn1. The highest BCUT2D eigenvalue weighted by molar-refractivity contribution is 7.98. The first-order valence-electron chi connectivity index (χ1n) is 9.00. The molecule has 0 amide bonds. The van der Waals surface area contributed by atoms with Crippen LogP contribution in [0, 0.1) is 0 Å². The van der Waals surface area contributed by atoms with Crippen molar-refractivity contribution >= 4 is 17.5 Å². The predicted molar refractivity (Wildman–Crippen MR) is 106 cm³/mol. The van der Waals surface area contributed by atoms with Crippen molar-refractivity contribution in [3.63, 3.8) is 0 Å². The second-order valence-corrected chi connectivity index (χ2v) is 7.23. The lowest BCUT2D eigenvalue weighted by Gasteiger charge is -2.08. The molecule has 7 nitrogen and oxygen atoms in total. The van der Waals surface area contributed by atoms with Crippen LogP contribution in [-0.4, -0.2) is 37.8 Å². The second-order valence-electron chi connectivity index (χ2n) is 6.29. The van der Waals surface area contributed by atoms with E-state index in [9.17, 15) is 0 Å². The molecule has 140 valence electrons. The third-order valence-corrected chi connectivity index (χ3v) is 5.29. The fourth-order valence-electron chi connectivity index (χ4n) is 3.02. The summed E-state index contributed by atoms with van der Waals surface area (Å²) in [5.41, 5.74) is 3.09. The number of hydrogen-bond donors (Lipinski definition) is 0. The van der Waals surface area contributed by atoms with Crippen LogP contribution in [0.2, 0.25) is 0 Å². The summed E-state index contributed by atoms with van der Waals surface area (Å²) in [7, 11) is 0. The van der Waals surface area contributed by atoms with E-state index in [1.807, 2.05) is 30.3 Å². The number of thioether (sulfide) groups is 1. The van der Waals surface area contributed by atoms with Gasteiger partial charge in [-0.15, -0.1) is 5.10 Å². The van der Waals surface area contributed by atoms with Gasteiger partial charge in [0.15, 0.2) is 11.5 Å². The van der Waals surface area contributed by atoms with Gasteiger partial charge in [-0.1, -0.05) is 17.8 Å². The minimum absolute atomic E-state index is 0.579. The maximum absolute atomic E-state index is 5.77. The van der Waals surface area contributed by atoms with Gasteiger partial charge in [0.2, 0.25) is 5.16 Å². The number of nitrogens with zero attached hydrogens (tertiary/aromatic N) is 5. The molecule has 0 bridgehead atoms. The van der Waals surface area contributed by atoms with Crippen LogP contribution in [0.5, 0.6) is 11.5 Å². The Morgan fingerprint density at radius 3 is 2.71 bits per heavy atom. The Kier molecular flexibility index (Phi) is 4.54. The summed E-state index contributed by atoms with van der Waals surface area (Å²) in [6.45, 7) is 1.38. The molecule has 4 aromatic rings. The van der Waals surface area contributed by atoms with Gasteiger partial charge >= 0.3 is 0 Å². The third-order valence-electron chi connectivity index (χ3n) is 4.38. The van der Waals surface area contributed by atoms with Gasteiger partial charge in [0, 0.05) is 36.3 Å². The number of hydrogen-bond acceptors (Lipinski definition) is 7. The first kappa shape index (κ1) is 17.0. The van der Waals surface area contributed by atoms with Crippen molar-refractivity contribution in [2.45, 2.75) is 17.3 Å². The molecule has 0 saturated heterocycles. The molecule has 0 unspecified atom stereocenters. The van der Waals surface area contributed by atoms with E-state index < -0.39 is 0 Å². The van der Waals surface area contributed by atoms with E-state index in [4.69, 9.17) is 9.47 Å². The minimum Gasteiger partial charge on any atom is -0.490 e. The van der Waals surface area contributed by atoms with Gasteiger partial charge in [-0.2, -0.15) is 9.50 Å². The van der Waals surface area contributed by atoms with Crippen molar-refractivity contribution in [1.29, 1.82) is 0 Å². The molecule has 28 heavy (non-hydrogen) atoms. The summed E-state index contributed by atoms with van der Waals surface area (Å²) in [5.74, 6) is 2.93. The predicted octanol–water partition coefficient (Wildman–Crippen LogP) is 3.64. The first-order chi connectivity index (χ1) is 13.9. The van der Waals surface area contributed by atoms with Crippen molar-refractivity contribution in [3.8, 4) is 22.8 Å². The number of fused-ring (bicyclic) bond motifs is 2. The summed E-state index contributed by atoms with van der Waals surface area (Å²) in [6.07, 6.45) is 6.17.